The highest BCUT2D eigenvalue weighted by molar-refractivity contribution is 5.93. The van der Waals surface area contributed by atoms with E-state index in [1.807, 2.05) is 0 Å². The van der Waals surface area contributed by atoms with Gasteiger partial charge < -0.3 is 20.5 Å². The molecule has 0 bridgehead atoms. The van der Waals surface area contributed by atoms with Crippen molar-refractivity contribution in [1.29, 1.82) is 0 Å². The summed E-state index contributed by atoms with van der Waals surface area (Å²) in [6.45, 7) is 1.89. The maximum absolute atomic E-state index is 12.1. The summed E-state index contributed by atoms with van der Waals surface area (Å²) < 4.78 is 45.0. The number of nitrogen functional groups attached to an aromatic ring is 1. The van der Waals surface area contributed by atoms with Gasteiger partial charge in [0.2, 0.25) is 0 Å². The van der Waals surface area contributed by atoms with Crippen LogP contribution in [0.3, 0.4) is 0 Å². The molecule has 0 atom stereocenters. The molecule has 2 aromatic carbocycles. The molecule has 0 saturated heterocycles. The van der Waals surface area contributed by atoms with Crippen LogP contribution in [0.4, 0.5) is 40.7 Å². The van der Waals surface area contributed by atoms with E-state index in [1.165, 1.54) is 24.3 Å². The van der Waals surface area contributed by atoms with E-state index in [0.717, 1.165) is 0 Å². The molecule has 1 amide bonds. The molecule has 0 aliphatic heterocycles. The fourth-order valence-electron chi connectivity index (χ4n) is 1.96. The summed E-state index contributed by atoms with van der Waals surface area (Å²) in [6, 6.07) is 10.1. The van der Waals surface area contributed by atoms with Gasteiger partial charge in [0.1, 0.15) is 5.75 Å². The maximum Gasteiger partial charge on any atom is 0.573 e. The number of para-hydroxylation sites is 1. The second kappa shape index (κ2) is 7.65. The minimum absolute atomic E-state index is 0.218. The first-order chi connectivity index (χ1) is 11.8. The Bertz CT molecular complexity index is 734. The highest BCUT2D eigenvalue weighted by Gasteiger charge is 2.30. The second-order valence-corrected chi connectivity index (χ2v) is 4.81. The maximum atomic E-state index is 12.1. The molecule has 4 N–H and O–H groups in total. The molecule has 0 aliphatic rings. The van der Waals surface area contributed by atoms with E-state index >= 15 is 0 Å². The van der Waals surface area contributed by atoms with E-state index in [9.17, 15) is 18.0 Å². The minimum atomic E-state index is -4.74. The first-order valence-electron chi connectivity index (χ1n) is 7.23. The number of hydrogen-bond donors (Lipinski definition) is 3. The molecule has 134 valence electrons. The summed E-state index contributed by atoms with van der Waals surface area (Å²) >= 11 is 0. The quantitative estimate of drug-likeness (QED) is 0.689. The zero-order valence-corrected chi connectivity index (χ0v) is 13.2. The summed E-state index contributed by atoms with van der Waals surface area (Å²) in [6.07, 6.45) is -5.38. The predicted molar refractivity (Wildman–Crippen MR) is 87.9 cm³/mol. The van der Waals surface area contributed by atoms with Gasteiger partial charge in [-0.05, 0) is 43.3 Å². The Morgan fingerprint density at radius 3 is 2.36 bits per heavy atom. The summed E-state index contributed by atoms with van der Waals surface area (Å²) in [5.41, 5.74) is 7.55. The van der Waals surface area contributed by atoms with Crippen molar-refractivity contribution in [2.45, 2.75) is 13.3 Å². The van der Waals surface area contributed by atoms with Gasteiger partial charge in [0, 0.05) is 5.69 Å². The van der Waals surface area contributed by atoms with Crippen molar-refractivity contribution in [3.63, 3.8) is 0 Å². The highest BCUT2D eigenvalue weighted by Crippen LogP contribution is 2.31. The van der Waals surface area contributed by atoms with Gasteiger partial charge in [0.15, 0.2) is 0 Å². The number of hydrogen-bond acceptors (Lipinski definition) is 5. The molecule has 0 unspecified atom stereocenters. The van der Waals surface area contributed by atoms with Crippen LogP contribution < -0.4 is 21.1 Å². The Balaban J connectivity index is 2.11. The molecule has 0 radical (unpaired) electrons. The summed E-state index contributed by atoms with van der Waals surface area (Å²) in [5.74, 6) is -0.330. The van der Waals surface area contributed by atoms with Crippen LogP contribution in [0.15, 0.2) is 42.5 Å². The lowest BCUT2D eigenvalue weighted by atomic mass is 10.2. The number of ether oxygens (including phenoxy) is 2. The number of benzene rings is 2. The third-order valence-electron chi connectivity index (χ3n) is 2.99. The number of amides is 1. The third-order valence-corrected chi connectivity index (χ3v) is 2.99. The Kier molecular flexibility index (Phi) is 5.58. The summed E-state index contributed by atoms with van der Waals surface area (Å²) in [7, 11) is 0. The van der Waals surface area contributed by atoms with Gasteiger partial charge in [-0.15, -0.1) is 13.2 Å². The average Bonchev–Trinajstić information content (AvgIpc) is 2.52. The molecule has 2 rings (SSSR count). The van der Waals surface area contributed by atoms with Gasteiger partial charge in [0.25, 0.3) is 0 Å². The van der Waals surface area contributed by atoms with Crippen LogP contribution in [0.1, 0.15) is 6.92 Å². The van der Waals surface area contributed by atoms with Crippen LogP contribution in [-0.2, 0) is 4.74 Å². The fraction of sp³-hybridized carbons (Fsp3) is 0.188. The number of carbonyl (C=O) groups is 1. The minimum Gasteiger partial charge on any atom is -0.450 e. The highest BCUT2D eigenvalue weighted by atomic mass is 19.4. The second-order valence-electron chi connectivity index (χ2n) is 4.81. The van der Waals surface area contributed by atoms with Crippen LogP contribution in [0.25, 0.3) is 0 Å². The lowest BCUT2D eigenvalue weighted by Crippen LogP contribution is -2.17. The van der Waals surface area contributed by atoms with Gasteiger partial charge in [-0.25, -0.2) is 4.79 Å². The number of alkyl halides is 3. The van der Waals surface area contributed by atoms with Gasteiger partial charge in [-0.3, -0.25) is 5.32 Å². The van der Waals surface area contributed by atoms with Crippen LogP contribution in [0.5, 0.6) is 5.75 Å². The van der Waals surface area contributed by atoms with Crippen molar-refractivity contribution in [2.24, 2.45) is 0 Å². The number of carbonyl (C=O) groups excluding carboxylic acids is 1. The lowest BCUT2D eigenvalue weighted by Gasteiger charge is -2.14. The topological polar surface area (TPSA) is 85.6 Å². The number of anilines is 4. The number of nitrogens with one attached hydrogen (secondary N) is 2. The van der Waals surface area contributed by atoms with Crippen LogP contribution in [0.2, 0.25) is 0 Å². The fourth-order valence-corrected chi connectivity index (χ4v) is 1.96. The molecule has 9 heteroatoms. The molecule has 0 spiro atoms. The van der Waals surface area contributed by atoms with E-state index in [2.05, 4.69) is 15.4 Å². The summed E-state index contributed by atoms with van der Waals surface area (Å²) in [5, 5.41) is 5.45. The van der Waals surface area contributed by atoms with Crippen molar-refractivity contribution in [3.8, 4) is 5.75 Å². The number of halogens is 3. The monoisotopic (exact) mass is 355 g/mol. The molecular weight excluding hydrogens is 339 g/mol. The normalized spacial score (nSPS) is 10.9. The largest absolute Gasteiger partial charge is 0.573 e. The molecule has 0 heterocycles. The number of nitrogens with two attached hydrogens (primary N) is 1. The van der Waals surface area contributed by atoms with E-state index < -0.39 is 12.5 Å². The molecule has 6 nitrogen and oxygen atoms in total. The van der Waals surface area contributed by atoms with Gasteiger partial charge in [-0.2, -0.15) is 0 Å². The zero-order valence-electron chi connectivity index (χ0n) is 13.2. The van der Waals surface area contributed by atoms with Crippen molar-refractivity contribution >= 4 is 28.8 Å². The van der Waals surface area contributed by atoms with E-state index in [0.29, 0.717) is 17.1 Å². The van der Waals surface area contributed by atoms with Gasteiger partial charge in [-0.1, -0.05) is 6.07 Å². The van der Waals surface area contributed by atoms with Gasteiger partial charge in [0.05, 0.1) is 23.7 Å². The van der Waals surface area contributed by atoms with E-state index in [1.54, 1.807) is 25.1 Å². The molecule has 0 aliphatic carbocycles. The molecule has 0 fully saturated rings. The molecule has 0 saturated carbocycles. The van der Waals surface area contributed by atoms with Crippen molar-refractivity contribution in [1.82, 2.24) is 0 Å². The molecule has 0 aromatic heterocycles. The SMILES string of the molecule is CCOC(=O)Nc1cccc(Nc2ccc(OC(F)(F)F)cc2)c1N. The molecule has 2 aromatic rings. The summed E-state index contributed by atoms with van der Waals surface area (Å²) in [4.78, 5) is 11.5. The first-order valence-corrected chi connectivity index (χ1v) is 7.23. The first kappa shape index (κ1) is 18.2. The standard InChI is InChI=1S/C16H16F3N3O3/c1-2-24-15(23)22-13-5-3-4-12(14(13)20)21-10-6-8-11(9-7-10)25-16(17,18)19/h3-9,21H,2,20H2,1H3,(H,22,23). The lowest BCUT2D eigenvalue weighted by molar-refractivity contribution is -0.274. The average molecular weight is 355 g/mol. The Morgan fingerprint density at radius 1 is 1.12 bits per heavy atom. The third kappa shape index (κ3) is 5.48. The van der Waals surface area contributed by atoms with Crippen LogP contribution in [-0.4, -0.2) is 19.1 Å². The molecular formula is C16H16F3N3O3. The van der Waals surface area contributed by atoms with E-state index in [4.69, 9.17) is 10.5 Å². The van der Waals surface area contributed by atoms with Crippen molar-refractivity contribution in [2.75, 3.05) is 23.0 Å². The molecule has 25 heavy (non-hydrogen) atoms. The smallest absolute Gasteiger partial charge is 0.450 e. The van der Waals surface area contributed by atoms with Gasteiger partial charge >= 0.3 is 12.5 Å². The van der Waals surface area contributed by atoms with E-state index in [-0.39, 0.29) is 18.0 Å². The van der Waals surface area contributed by atoms with Crippen molar-refractivity contribution in [3.05, 3.63) is 42.5 Å². The Labute approximate surface area is 141 Å². The Hall–Kier alpha value is -3.10. The Morgan fingerprint density at radius 2 is 1.76 bits per heavy atom. The number of rotatable bonds is 5. The van der Waals surface area contributed by atoms with Crippen molar-refractivity contribution < 1.29 is 27.4 Å². The van der Waals surface area contributed by atoms with Crippen LogP contribution >= 0.6 is 0 Å². The predicted octanol–water partition coefficient (Wildman–Crippen LogP) is 4.48. The zero-order chi connectivity index (χ0) is 18.4. The van der Waals surface area contributed by atoms with Crippen LogP contribution in [0, 0.1) is 0 Å².